The predicted octanol–water partition coefficient (Wildman–Crippen LogP) is 2.22. The highest BCUT2D eigenvalue weighted by atomic mass is 79.9. The number of rotatable bonds is 5. The van der Waals surface area contributed by atoms with Crippen molar-refractivity contribution in [2.45, 2.75) is 56.3 Å². The molecule has 2 N–H and O–H groups in total. The van der Waals surface area contributed by atoms with Gasteiger partial charge < -0.3 is 29.7 Å². The van der Waals surface area contributed by atoms with E-state index in [9.17, 15) is 19.5 Å². The average Bonchev–Trinajstić information content (AvgIpc) is 3.80. The third kappa shape index (κ3) is 5.41. The van der Waals surface area contributed by atoms with Gasteiger partial charge in [0.15, 0.2) is 0 Å². The Hall–Kier alpha value is -4.40. The molecule has 0 saturated carbocycles. The first kappa shape index (κ1) is 32.2. The molecular weight excluding hydrogens is 684 g/mol. The number of aromatic nitrogens is 3. The van der Waals surface area contributed by atoms with Crippen LogP contribution < -0.4 is 5.32 Å². The van der Waals surface area contributed by atoms with Crippen molar-refractivity contribution in [2.75, 3.05) is 19.7 Å². The van der Waals surface area contributed by atoms with Crippen molar-refractivity contribution in [1.82, 2.24) is 30.1 Å². The Labute approximate surface area is 284 Å². The topological polar surface area (TPSA) is 156 Å². The molecule has 48 heavy (non-hydrogen) atoms. The number of benzene rings is 2. The first-order valence-corrected chi connectivity index (χ1v) is 16.8. The maximum absolute atomic E-state index is 15.1. The number of carbonyl (C=O) groups is 4. The molecule has 3 aromatic rings. The number of hydrogen-bond donors (Lipinski definition) is 2. The zero-order chi connectivity index (χ0) is 33.6. The molecule has 0 unspecified atom stereocenters. The Morgan fingerprint density at radius 1 is 1.06 bits per heavy atom. The van der Waals surface area contributed by atoms with E-state index in [2.05, 4.69) is 31.6 Å². The van der Waals surface area contributed by atoms with Crippen molar-refractivity contribution in [2.24, 2.45) is 11.8 Å². The number of hydrogen-bond acceptors (Lipinski definition) is 9. The first-order valence-electron chi connectivity index (χ1n) is 16.0. The summed E-state index contributed by atoms with van der Waals surface area (Å²) in [7, 11) is 0. The SMILES string of the molecule is C[C@H]1CNC(=O)CC/C=C\CN(Cn2nnc3ccccc32)C(=O)[C@H]2N([C@H](CO)c3ccccc3)C(=O)[C@@H]3[C@@H](C(=O)O1)[C@@H]1O[C@@]32C=C1Br. The van der Waals surface area contributed by atoms with E-state index in [0.717, 1.165) is 0 Å². The van der Waals surface area contributed by atoms with Gasteiger partial charge in [-0.05, 0) is 37.1 Å². The van der Waals surface area contributed by atoms with Crippen LogP contribution in [0.5, 0.6) is 0 Å². The third-order valence-corrected chi connectivity index (χ3v) is 10.2. The molecule has 5 bridgehead atoms. The molecule has 2 saturated heterocycles. The highest BCUT2D eigenvalue weighted by Gasteiger charge is 2.75. The number of nitrogens with one attached hydrogen (secondary N) is 1. The molecular formula is C34H35BrN6O7. The number of aliphatic hydroxyl groups excluding tert-OH is 1. The second-order valence-electron chi connectivity index (χ2n) is 12.5. The molecule has 7 atom stereocenters. The normalized spacial score (nSPS) is 30.6. The fourth-order valence-electron chi connectivity index (χ4n) is 7.34. The number of esters is 1. The highest BCUT2D eigenvalue weighted by Crippen LogP contribution is 2.60. The van der Waals surface area contributed by atoms with E-state index in [0.29, 0.717) is 27.5 Å². The van der Waals surface area contributed by atoms with Crippen LogP contribution in [-0.2, 0) is 35.3 Å². The lowest BCUT2D eigenvalue weighted by Gasteiger charge is -2.38. The zero-order valence-corrected chi connectivity index (χ0v) is 27.7. The molecule has 4 aliphatic rings. The van der Waals surface area contributed by atoms with Crippen LogP contribution in [-0.4, -0.2) is 97.1 Å². The van der Waals surface area contributed by atoms with Gasteiger partial charge in [-0.1, -0.05) is 75.8 Å². The fraction of sp³-hybridized carbons (Fsp3) is 0.412. The molecule has 250 valence electrons. The Kier molecular flexibility index (Phi) is 8.64. The number of carbonyl (C=O) groups excluding carboxylic acids is 4. The number of likely N-dealkylation sites (tertiary alicyclic amines) is 1. The van der Waals surface area contributed by atoms with E-state index in [1.807, 2.05) is 36.4 Å². The van der Waals surface area contributed by atoms with E-state index in [4.69, 9.17) is 9.47 Å². The number of nitrogens with zero attached hydrogens (tertiary/aromatic N) is 5. The second-order valence-corrected chi connectivity index (χ2v) is 13.4. The third-order valence-electron chi connectivity index (χ3n) is 9.53. The van der Waals surface area contributed by atoms with E-state index < -0.39 is 66.1 Å². The Balaban J connectivity index is 1.36. The van der Waals surface area contributed by atoms with Gasteiger partial charge in [-0.3, -0.25) is 19.2 Å². The van der Waals surface area contributed by atoms with Crippen LogP contribution in [0.3, 0.4) is 0 Å². The number of cyclic esters (lactones) is 1. The van der Waals surface area contributed by atoms with Crippen molar-refractivity contribution >= 4 is 50.7 Å². The summed E-state index contributed by atoms with van der Waals surface area (Å²) in [4.78, 5) is 59.2. The van der Waals surface area contributed by atoms with Crippen molar-refractivity contribution < 1.29 is 33.8 Å². The van der Waals surface area contributed by atoms with Gasteiger partial charge in [-0.25, -0.2) is 4.68 Å². The second kappa shape index (κ2) is 12.9. The van der Waals surface area contributed by atoms with Gasteiger partial charge in [0, 0.05) is 17.4 Å². The van der Waals surface area contributed by atoms with E-state index in [1.165, 1.54) is 4.90 Å². The molecule has 14 heteroatoms. The van der Waals surface area contributed by atoms with E-state index in [-0.39, 0.29) is 32.1 Å². The molecule has 4 aliphatic heterocycles. The molecule has 5 heterocycles. The van der Waals surface area contributed by atoms with Crippen LogP contribution in [0, 0.1) is 11.8 Å². The monoisotopic (exact) mass is 718 g/mol. The molecule has 2 fully saturated rings. The molecule has 0 radical (unpaired) electrons. The number of para-hydroxylation sites is 1. The minimum Gasteiger partial charge on any atom is -0.460 e. The first-order chi connectivity index (χ1) is 23.2. The van der Waals surface area contributed by atoms with Crippen molar-refractivity contribution in [3.8, 4) is 0 Å². The maximum Gasteiger partial charge on any atom is 0.313 e. The highest BCUT2D eigenvalue weighted by molar-refractivity contribution is 9.11. The quantitative estimate of drug-likeness (QED) is 0.298. The van der Waals surface area contributed by atoms with Gasteiger partial charge in [0.2, 0.25) is 11.8 Å². The molecule has 2 aromatic carbocycles. The Morgan fingerprint density at radius 3 is 2.62 bits per heavy atom. The van der Waals surface area contributed by atoms with Crippen LogP contribution in [0.1, 0.15) is 31.4 Å². The summed E-state index contributed by atoms with van der Waals surface area (Å²) in [5.74, 6) is -4.02. The van der Waals surface area contributed by atoms with Crippen LogP contribution in [0.15, 0.2) is 77.3 Å². The lowest BCUT2D eigenvalue weighted by Crippen LogP contribution is -2.57. The summed E-state index contributed by atoms with van der Waals surface area (Å²) in [6.45, 7) is 1.38. The molecule has 7 rings (SSSR count). The summed E-state index contributed by atoms with van der Waals surface area (Å²) in [5, 5.41) is 22.2. The maximum atomic E-state index is 15.1. The molecule has 3 amide bonds. The number of aliphatic hydroxyl groups is 1. The number of allylic oxidation sites excluding steroid dienone is 1. The lowest BCUT2D eigenvalue weighted by atomic mass is 9.74. The van der Waals surface area contributed by atoms with Crippen LogP contribution in [0.2, 0.25) is 0 Å². The van der Waals surface area contributed by atoms with Crippen LogP contribution >= 0.6 is 15.9 Å². The molecule has 0 aliphatic carbocycles. The lowest BCUT2D eigenvalue weighted by molar-refractivity contribution is -0.159. The Bertz CT molecular complexity index is 1810. The van der Waals surface area contributed by atoms with Gasteiger partial charge >= 0.3 is 5.97 Å². The number of halogens is 1. The zero-order valence-electron chi connectivity index (χ0n) is 26.1. The van der Waals surface area contributed by atoms with Gasteiger partial charge in [0.25, 0.3) is 5.91 Å². The minimum atomic E-state index is -1.54. The molecule has 13 nitrogen and oxygen atoms in total. The van der Waals surface area contributed by atoms with Crippen LogP contribution in [0.25, 0.3) is 11.0 Å². The fourth-order valence-corrected chi connectivity index (χ4v) is 8.08. The van der Waals surface area contributed by atoms with Crippen molar-refractivity contribution in [3.05, 3.63) is 82.9 Å². The standard InChI is InChI=1S/C34H35BrN6O7/c1-20-17-36-26(43)14-6-3-9-15-39(19-40-24-13-8-7-12-23(24)37-38-40)32(45)30-34-16-22(35)29(48-34)27(33(46)47-20)28(34)31(44)41(30)25(18-42)21-10-4-2-5-11-21/h2-5,7-13,16,20,25,27-30,42H,6,14-15,17-19H2,1H3,(H,36,43)/b9-3-/t20-,25+,27+,28-,29+,30+,34-/m0/s1. The number of amides is 3. The summed E-state index contributed by atoms with van der Waals surface area (Å²) >= 11 is 3.56. The van der Waals surface area contributed by atoms with Crippen LogP contribution in [0.4, 0.5) is 0 Å². The summed E-state index contributed by atoms with van der Waals surface area (Å²) in [6.07, 6.45) is 4.43. The predicted molar refractivity (Wildman–Crippen MR) is 175 cm³/mol. The molecule has 1 aromatic heterocycles. The van der Waals surface area contributed by atoms with Gasteiger partial charge in [0.05, 0.1) is 30.6 Å². The largest absolute Gasteiger partial charge is 0.460 e. The summed E-state index contributed by atoms with van der Waals surface area (Å²) < 4.78 is 14.5. The smallest absolute Gasteiger partial charge is 0.313 e. The van der Waals surface area contributed by atoms with E-state index in [1.54, 1.807) is 52.9 Å². The van der Waals surface area contributed by atoms with Gasteiger partial charge in [0.1, 0.15) is 42.0 Å². The minimum absolute atomic E-state index is 0.0180. The number of ether oxygens (including phenoxy) is 2. The number of fused-ring (bicyclic) bond motifs is 3. The average molecular weight is 720 g/mol. The molecule has 1 spiro atoms. The van der Waals surface area contributed by atoms with Crippen molar-refractivity contribution in [1.29, 1.82) is 0 Å². The Morgan fingerprint density at radius 2 is 1.83 bits per heavy atom. The summed E-state index contributed by atoms with van der Waals surface area (Å²) in [6, 6.07) is 14.2. The summed E-state index contributed by atoms with van der Waals surface area (Å²) in [5.41, 5.74) is 0.443. The van der Waals surface area contributed by atoms with E-state index >= 15 is 4.79 Å². The van der Waals surface area contributed by atoms with Crippen molar-refractivity contribution in [3.63, 3.8) is 0 Å². The van der Waals surface area contributed by atoms with Gasteiger partial charge in [-0.15, -0.1) is 5.10 Å². The van der Waals surface area contributed by atoms with Gasteiger partial charge in [-0.2, -0.15) is 0 Å².